The van der Waals surface area contributed by atoms with E-state index in [1.807, 2.05) is 69.3 Å². The van der Waals surface area contributed by atoms with Gasteiger partial charge in [0, 0.05) is 17.3 Å². The molecule has 0 atom stereocenters. The molecule has 2 aromatic carbocycles. The molecule has 0 fully saturated rings. The molecular weight excluding hydrogens is 274 g/mol. The molecule has 0 amide bonds. The van der Waals surface area contributed by atoms with Crippen molar-refractivity contribution in [3.8, 4) is 11.1 Å². The first-order valence-electron chi connectivity index (χ1n) is 7.21. The van der Waals surface area contributed by atoms with Crippen LogP contribution < -0.4 is 5.73 Å². The number of rotatable bonds is 3. The molecule has 0 heterocycles. The van der Waals surface area contributed by atoms with E-state index in [1.54, 1.807) is 6.08 Å². The van der Waals surface area contributed by atoms with Crippen molar-refractivity contribution in [3.05, 3.63) is 60.2 Å². The maximum Gasteiger partial charge on any atom is 0.331 e. The van der Waals surface area contributed by atoms with Gasteiger partial charge in [0.2, 0.25) is 0 Å². The van der Waals surface area contributed by atoms with Crippen molar-refractivity contribution < 1.29 is 9.53 Å². The summed E-state index contributed by atoms with van der Waals surface area (Å²) in [6.45, 7) is 5.52. The zero-order chi connectivity index (χ0) is 16.2. The summed E-state index contributed by atoms with van der Waals surface area (Å²) < 4.78 is 5.23. The number of anilines is 1. The second kappa shape index (κ2) is 6.48. The van der Waals surface area contributed by atoms with Crippen LogP contribution in [0.5, 0.6) is 0 Å². The van der Waals surface area contributed by atoms with Gasteiger partial charge in [0.15, 0.2) is 0 Å². The van der Waals surface area contributed by atoms with Crippen LogP contribution in [0.3, 0.4) is 0 Å². The Morgan fingerprint density at radius 2 is 1.77 bits per heavy atom. The van der Waals surface area contributed by atoms with Crippen LogP contribution in [-0.2, 0) is 9.53 Å². The third kappa shape index (κ3) is 4.48. The first-order chi connectivity index (χ1) is 10.3. The van der Waals surface area contributed by atoms with Crippen LogP contribution in [0.1, 0.15) is 26.3 Å². The minimum atomic E-state index is -0.488. The fourth-order valence-corrected chi connectivity index (χ4v) is 2.07. The van der Waals surface area contributed by atoms with Gasteiger partial charge in [-0.05, 0) is 44.0 Å². The lowest BCUT2D eigenvalue weighted by Crippen LogP contribution is -2.22. The van der Waals surface area contributed by atoms with Crippen LogP contribution in [0.25, 0.3) is 17.2 Å². The Bertz CT molecular complexity index is 682. The minimum Gasteiger partial charge on any atom is -0.457 e. The number of hydrogen-bond acceptors (Lipinski definition) is 3. The monoisotopic (exact) mass is 295 g/mol. The molecule has 2 N–H and O–H groups in total. The van der Waals surface area contributed by atoms with E-state index in [2.05, 4.69) is 0 Å². The smallest absolute Gasteiger partial charge is 0.331 e. The van der Waals surface area contributed by atoms with Crippen LogP contribution in [0.4, 0.5) is 5.69 Å². The molecule has 0 saturated carbocycles. The van der Waals surface area contributed by atoms with E-state index in [1.165, 1.54) is 6.08 Å². The summed E-state index contributed by atoms with van der Waals surface area (Å²) in [5.41, 5.74) is 9.22. The summed E-state index contributed by atoms with van der Waals surface area (Å²) in [6.07, 6.45) is 3.13. The van der Waals surface area contributed by atoms with Crippen LogP contribution in [0.15, 0.2) is 54.6 Å². The number of nitrogen functional groups attached to an aromatic ring is 1. The van der Waals surface area contributed by atoms with Gasteiger partial charge in [-0.2, -0.15) is 0 Å². The summed E-state index contributed by atoms with van der Waals surface area (Å²) in [4.78, 5) is 11.7. The van der Waals surface area contributed by atoms with E-state index >= 15 is 0 Å². The normalized spacial score (nSPS) is 11.6. The molecule has 0 aliphatic heterocycles. The van der Waals surface area contributed by atoms with Gasteiger partial charge in [0.05, 0.1) is 0 Å². The van der Waals surface area contributed by atoms with Gasteiger partial charge < -0.3 is 10.5 Å². The molecule has 3 nitrogen and oxygen atoms in total. The summed E-state index contributed by atoms with van der Waals surface area (Å²) in [5.74, 6) is -0.363. The average Bonchev–Trinajstić information content (AvgIpc) is 2.44. The van der Waals surface area contributed by atoms with E-state index in [4.69, 9.17) is 10.5 Å². The number of hydrogen-bond donors (Lipinski definition) is 1. The Kier molecular flexibility index (Phi) is 4.66. The first kappa shape index (κ1) is 15.8. The van der Waals surface area contributed by atoms with Crippen molar-refractivity contribution in [2.24, 2.45) is 0 Å². The molecule has 0 aliphatic rings. The van der Waals surface area contributed by atoms with E-state index < -0.39 is 5.60 Å². The quantitative estimate of drug-likeness (QED) is 0.522. The van der Waals surface area contributed by atoms with Crippen LogP contribution in [-0.4, -0.2) is 11.6 Å². The fraction of sp³-hybridized carbons (Fsp3) is 0.211. The van der Waals surface area contributed by atoms with Gasteiger partial charge in [-0.3, -0.25) is 0 Å². The van der Waals surface area contributed by atoms with Crippen LogP contribution >= 0.6 is 0 Å². The van der Waals surface area contributed by atoms with Gasteiger partial charge in [-0.1, -0.05) is 42.5 Å². The van der Waals surface area contributed by atoms with Gasteiger partial charge in [-0.25, -0.2) is 4.79 Å². The van der Waals surface area contributed by atoms with E-state index in [0.29, 0.717) is 5.69 Å². The lowest BCUT2D eigenvalue weighted by Gasteiger charge is -2.17. The van der Waals surface area contributed by atoms with Crippen molar-refractivity contribution in [2.45, 2.75) is 26.4 Å². The van der Waals surface area contributed by atoms with Gasteiger partial charge in [0.25, 0.3) is 0 Å². The lowest BCUT2D eigenvalue weighted by molar-refractivity contribution is -0.148. The van der Waals surface area contributed by atoms with Crippen molar-refractivity contribution in [1.82, 2.24) is 0 Å². The SMILES string of the molecule is CC(C)(C)OC(=O)/C=C/c1ccc(-c2ccccc2)c(N)c1. The highest BCUT2D eigenvalue weighted by molar-refractivity contribution is 5.88. The number of nitrogens with two attached hydrogens (primary N) is 1. The third-order valence-corrected chi connectivity index (χ3v) is 2.98. The largest absolute Gasteiger partial charge is 0.457 e. The summed E-state index contributed by atoms with van der Waals surface area (Å²) in [5, 5.41) is 0. The molecule has 22 heavy (non-hydrogen) atoms. The van der Waals surface area contributed by atoms with Crippen LogP contribution in [0.2, 0.25) is 0 Å². The molecule has 0 saturated heterocycles. The topological polar surface area (TPSA) is 52.3 Å². The van der Waals surface area contributed by atoms with E-state index in [9.17, 15) is 4.79 Å². The van der Waals surface area contributed by atoms with Crippen molar-refractivity contribution >= 4 is 17.7 Å². The van der Waals surface area contributed by atoms with Gasteiger partial charge in [-0.15, -0.1) is 0 Å². The van der Waals surface area contributed by atoms with Crippen LogP contribution in [0, 0.1) is 0 Å². The van der Waals surface area contributed by atoms with Crippen molar-refractivity contribution in [1.29, 1.82) is 0 Å². The van der Waals surface area contributed by atoms with Gasteiger partial charge >= 0.3 is 5.97 Å². The Morgan fingerprint density at radius 1 is 1.09 bits per heavy atom. The Hall–Kier alpha value is -2.55. The predicted octanol–water partition coefficient (Wildman–Crippen LogP) is 4.29. The molecule has 114 valence electrons. The minimum absolute atomic E-state index is 0.363. The molecular formula is C19H21NO2. The highest BCUT2D eigenvalue weighted by atomic mass is 16.6. The number of benzene rings is 2. The molecule has 0 unspecified atom stereocenters. The molecule has 0 radical (unpaired) electrons. The molecule has 0 spiro atoms. The third-order valence-electron chi connectivity index (χ3n) is 2.98. The Balaban J connectivity index is 2.15. The molecule has 0 bridgehead atoms. The predicted molar refractivity (Wildman–Crippen MR) is 91.2 cm³/mol. The highest BCUT2D eigenvalue weighted by Gasteiger charge is 2.13. The number of carbonyl (C=O) groups excluding carboxylic acids is 1. The molecule has 2 rings (SSSR count). The number of esters is 1. The molecule has 3 heteroatoms. The zero-order valence-electron chi connectivity index (χ0n) is 13.2. The molecule has 0 aliphatic carbocycles. The Morgan fingerprint density at radius 3 is 2.36 bits per heavy atom. The van der Waals surface area contributed by atoms with E-state index in [0.717, 1.165) is 16.7 Å². The first-order valence-corrected chi connectivity index (χ1v) is 7.21. The van der Waals surface area contributed by atoms with Crippen molar-refractivity contribution in [2.75, 3.05) is 5.73 Å². The zero-order valence-corrected chi connectivity index (χ0v) is 13.2. The van der Waals surface area contributed by atoms with E-state index in [-0.39, 0.29) is 5.97 Å². The average molecular weight is 295 g/mol. The highest BCUT2D eigenvalue weighted by Crippen LogP contribution is 2.26. The summed E-state index contributed by atoms with van der Waals surface area (Å²) in [6, 6.07) is 15.7. The fourth-order valence-electron chi connectivity index (χ4n) is 2.07. The lowest BCUT2D eigenvalue weighted by atomic mass is 10.0. The second-order valence-electron chi connectivity index (χ2n) is 6.08. The van der Waals surface area contributed by atoms with Gasteiger partial charge in [0.1, 0.15) is 5.60 Å². The molecule has 0 aromatic heterocycles. The summed E-state index contributed by atoms with van der Waals surface area (Å²) in [7, 11) is 0. The molecule has 2 aromatic rings. The van der Waals surface area contributed by atoms with Crippen molar-refractivity contribution in [3.63, 3.8) is 0 Å². The number of ether oxygens (including phenoxy) is 1. The standard InChI is InChI=1S/C19H21NO2/c1-19(2,3)22-18(21)12-10-14-9-11-16(17(20)13-14)15-7-5-4-6-8-15/h4-13H,20H2,1-3H3/b12-10+. The number of carbonyl (C=O) groups is 1. The summed E-state index contributed by atoms with van der Waals surface area (Å²) >= 11 is 0. The Labute approximate surface area is 131 Å². The maximum absolute atomic E-state index is 11.7. The second-order valence-corrected chi connectivity index (χ2v) is 6.08. The maximum atomic E-state index is 11.7.